The fourth-order valence-electron chi connectivity index (χ4n) is 6.33. The zero-order chi connectivity index (χ0) is 39.8. The highest BCUT2D eigenvalue weighted by Crippen LogP contribution is 2.14. The van der Waals surface area contributed by atoms with E-state index in [0.29, 0.717) is 38.8 Å². The molecule has 0 fully saturated rings. The molecule has 7 heteroatoms. The molecule has 0 aromatic carbocycles. The van der Waals surface area contributed by atoms with Crippen LogP contribution in [0.1, 0.15) is 227 Å². The summed E-state index contributed by atoms with van der Waals surface area (Å²) in [5, 5.41) is 0. The number of allylic oxidation sites excluding steroid dienone is 4. The van der Waals surface area contributed by atoms with E-state index in [4.69, 9.17) is 14.2 Å². The molecule has 0 bridgehead atoms. The Kier molecular flexibility index (Phi) is 37.3. The predicted octanol–water partition coefficient (Wildman–Crippen LogP) is 14.2. The number of nitrogens with zero attached hydrogens (tertiary/aromatic N) is 1. The van der Waals surface area contributed by atoms with E-state index in [9.17, 15) is 14.4 Å². The highest BCUT2D eigenvalue weighted by molar-refractivity contribution is 5.70. The summed E-state index contributed by atoms with van der Waals surface area (Å²) in [4.78, 5) is 39.0. The highest BCUT2D eigenvalue weighted by atomic mass is 16.6. The van der Waals surface area contributed by atoms with Gasteiger partial charge in [-0.05, 0) is 97.8 Å². The van der Waals surface area contributed by atoms with Crippen LogP contribution in [0.3, 0.4) is 0 Å². The van der Waals surface area contributed by atoms with Gasteiger partial charge in [0.05, 0.1) is 13.2 Å². The molecule has 0 aromatic rings. The summed E-state index contributed by atoms with van der Waals surface area (Å²) in [7, 11) is 0. The van der Waals surface area contributed by atoms with Gasteiger partial charge in [-0.25, -0.2) is 4.79 Å². The Balaban J connectivity index is 3.97. The number of hydrogen-bond donors (Lipinski definition) is 0. The van der Waals surface area contributed by atoms with Crippen LogP contribution >= 0.6 is 0 Å². The van der Waals surface area contributed by atoms with Gasteiger partial charge in [0.2, 0.25) is 0 Å². The molecule has 0 heterocycles. The summed E-state index contributed by atoms with van der Waals surface area (Å²) in [6.45, 7) is 11.4. The molecule has 54 heavy (non-hydrogen) atoms. The molecule has 0 spiro atoms. The fourth-order valence-corrected chi connectivity index (χ4v) is 6.33. The van der Waals surface area contributed by atoms with Crippen molar-refractivity contribution in [2.75, 3.05) is 26.3 Å². The molecule has 0 aliphatic rings. The van der Waals surface area contributed by atoms with Crippen molar-refractivity contribution >= 4 is 18.0 Å². The SMILES string of the molecule is CCCCCCCC/C=C\CCCCCCCC(=O)OCCCN(CCCOC(=O)CCCCCCC/C=C\CCCCCCCC)C(=O)OC(C)(C)C. The van der Waals surface area contributed by atoms with E-state index < -0.39 is 11.7 Å². The third-order valence-electron chi connectivity index (χ3n) is 9.61. The van der Waals surface area contributed by atoms with Crippen molar-refractivity contribution in [1.29, 1.82) is 0 Å². The zero-order valence-electron chi connectivity index (χ0n) is 36.2. The molecule has 0 aliphatic heterocycles. The number of rotatable bonds is 38. The van der Waals surface area contributed by atoms with Crippen molar-refractivity contribution in [2.24, 2.45) is 0 Å². The first-order chi connectivity index (χ1) is 26.2. The number of esters is 2. The summed E-state index contributed by atoms with van der Waals surface area (Å²) in [5.74, 6) is -0.343. The molecule has 0 radical (unpaired) electrons. The van der Waals surface area contributed by atoms with Crippen LogP contribution in [0.15, 0.2) is 24.3 Å². The van der Waals surface area contributed by atoms with Crippen LogP contribution in [0.4, 0.5) is 4.79 Å². The summed E-state index contributed by atoms with van der Waals surface area (Å²) in [5.41, 5.74) is -0.609. The molecule has 0 saturated carbocycles. The second kappa shape index (κ2) is 38.9. The minimum Gasteiger partial charge on any atom is -0.466 e. The van der Waals surface area contributed by atoms with Gasteiger partial charge in [-0.1, -0.05) is 141 Å². The summed E-state index contributed by atoms with van der Waals surface area (Å²) in [6, 6.07) is 0. The number of ether oxygens (including phenoxy) is 3. The Morgan fingerprint density at radius 1 is 0.444 bits per heavy atom. The van der Waals surface area contributed by atoms with Gasteiger partial charge in [-0.2, -0.15) is 0 Å². The molecule has 0 atom stereocenters. The van der Waals surface area contributed by atoms with Crippen LogP contribution in [-0.4, -0.2) is 54.8 Å². The molecule has 7 nitrogen and oxygen atoms in total. The quantitative estimate of drug-likeness (QED) is 0.0270. The molecule has 316 valence electrons. The third-order valence-corrected chi connectivity index (χ3v) is 9.61. The number of hydrogen-bond acceptors (Lipinski definition) is 6. The molecular formula is C47H87NO6. The van der Waals surface area contributed by atoms with Crippen molar-refractivity contribution in [2.45, 2.75) is 233 Å². The van der Waals surface area contributed by atoms with Crippen molar-refractivity contribution in [1.82, 2.24) is 4.90 Å². The van der Waals surface area contributed by atoms with E-state index in [1.54, 1.807) is 4.90 Å². The Hall–Kier alpha value is -2.31. The predicted molar refractivity (Wildman–Crippen MR) is 228 cm³/mol. The van der Waals surface area contributed by atoms with E-state index in [0.717, 1.165) is 51.4 Å². The second-order valence-electron chi connectivity index (χ2n) is 16.3. The molecule has 1 amide bonds. The molecular weight excluding hydrogens is 675 g/mol. The monoisotopic (exact) mass is 762 g/mol. The van der Waals surface area contributed by atoms with E-state index in [-0.39, 0.29) is 25.2 Å². The molecule has 0 N–H and O–H groups in total. The third kappa shape index (κ3) is 39.4. The van der Waals surface area contributed by atoms with Gasteiger partial charge in [0.1, 0.15) is 5.60 Å². The lowest BCUT2D eigenvalue weighted by Gasteiger charge is -2.27. The van der Waals surface area contributed by atoms with Gasteiger partial charge < -0.3 is 19.1 Å². The van der Waals surface area contributed by atoms with E-state index in [1.807, 2.05) is 20.8 Å². The van der Waals surface area contributed by atoms with Crippen molar-refractivity contribution in [3.05, 3.63) is 24.3 Å². The maximum absolute atomic E-state index is 12.8. The van der Waals surface area contributed by atoms with Crippen LogP contribution in [0, 0.1) is 0 Å². The Morgan fingerprint density at radius 2 is 0.759 bits per heavy atom. The lowest BCUT2D eigenvalue weighted by Crippen LogP contribution is -2.38. The molecule has 0 saturated heterocycles. The maximum Gasteiger partial charge on any atom is 0.410 e. The maximum atomic E-state index is 12.8. The van der Waals surface area contributed by atoms with E-state index >= 15 is 0 Å². The van der Waals surface area contributed by atoms with Crippen molar-refractivity contribution in [3.63, 3.8) is 0 Å². The minimum atomic E-state index is -0.609. The highest BCUT2D eigenvalue weighted by Gasteiger charge is 2.22. The van der Waals surface area contributed by atoms with Crippen LogP contribution in [0.2, 0.25) is 0 Å². The summed E-state index contributed by atoms with van der Waals surface area (Å²) < 4.78 is 16.5. The lowest BCUT2D eigenvalue weighted by atomic mass is 10.1. The Morgan fingerprint density at radius 3 is 1.09 bits per heavy atom. The molecule has 0 unspecified atom stereocenters. The fraction of sp³-hybridized carbons (Fsp3) is 0.851. The van der Waals surface area contributed by atoms with Crippen LogP contribution < -0.4 is 0 Å². The normalized spacial score (nSPS) is 11.8. The minimum absolute atomic E-state index is 0.172. The van der Waals surface area contributed by atoms with Gasteiger partial charge in [0, 0.05) is 25.9 Å². The lowest BCUT2D eigenvalue weighted by molar-refractivity contribution is -0.144. The Labute approximate surface area is 334 Å². The first-order valence-corrected chi connectivity index (χ1v) is 22.8. The standard InChI is InChI=1S/C47H87NO6/c1-6-8-10-12-14-16-18-20-22-24-26-28-30-32-34-38-44(49)52-42-36-40-48(46(51)54-47(3,4)5)41-37-43-53-45(50)39-35-33-31-29-27-25-23-21-19-17-15-13-11-9-7-2/h20-23H,6-19,24-43H2,1-5H3/b22-20-,23-21-. The van der Waals surface area contributed by atoms with Gasteiger partial charge >= 0.3 is 18.0 Å². The molecule has 0 aromatic heterocycles. The topological polar surface area (TPSA) is 82.1 Å². The Bertz CT molecular complexity index is 864. The van der Waals surface area contributed by atoms with Gasteiger partial charge in [0.25, 0.3) is 0 Å². The first-order valence-electron chi connectivity index (χ1n) is 22.8. The van der Waals surface area contributed by atoms with Gasteiger partial charge in [-0.15, -0.1) is 0 Å². The number of unbranched alkanes of at least 4 members (excludes halogenated alkanes) is 22. The van der Waals surface area contributed by atoms with Crippen LogP contribution in [-0.2, 0) is 23.8 Å². The smallest absolute Gasteiger partial charge is 0.410 e. The zero-order valence-corrected chi connectivity index (χ0v) is 36.2. The van der Waals surface area contributed by atoms with Crippen molar-refractivity contribution < 1.29 is 28.6 Å². The molecule has 0 aliphatic carbocycles. The van der Waals surface area contributed by atoms with Gasteiger partial charge in [0.15, 0.2) is 0 Å². The second-order valence-corrected chi connectivity index (χ2v) is 16.3. The van der Waals surface area contributed by atoms with Crippen LogP contribution in [0.5, 0.6) is 0 Å². The van der Waals surface area contributed by atoms with E-state index in [2.05, 4.69) is 38.2 Å². The average molecular weight is 762 g/mol. The molecule has 0 rings (SSSR count). The largest absolute Gasteiger partial charge is 0.466 e. The van der Waals surface area contributed by atoms with Crippen LogP contribution in [0.25, 0.3) is 0 Å². The summed E-state index contributed by atoms with van der Waals surface area (Å²) in [6.07, 6.45) is 42.8. The number of carbonyl (C=O) groups is 3. The number of carbonyl (C=O) groups excluding carboxylic acids is 3. The van der Waals surface area contributed by atoms with Crippen molar-refractivity contribution in [3.8, 4) is 0 Å². The number of amides is 1. The van der Waals surface area contributed by atoms with E-state index in [1.165, 1.54) is 116 Å². The average Bonchev–Trinajstić information content (AvgIpc) is 3.13. The van der Waals surface area contributed by atoms with Gasteiger partial charge in [-0.3, -0.25) is 9.59 Å². The first kappa shape index (κ1) is 51.7. The summed E-state index contributed by atoms with van der Waals surface area (Å²) >= 11 is 0.